The highest BCUT2D eigenvalue weighted by Gasteiger charge is 2.20. The van der Waals surface area contributed by atoms with Gasteiger partial charge in [0.2, 0.25) is 5.95 Å². The molecule has 33 heavy (non-hydrogen) atoms. The maximum Gasteiger partial charge on any atom is 0.255 e. The van der Waals surface area contributed by atoms with E-state index in [0.717, 1.165) is 37.1 Å². The molecule has 0 unspecified atom stereocenters. The highest BCUT2D eigenvalue weighted by atomic mass is 16.1. The Kier molecular flexibility index (Phi) is 5.86. The number of aromatic amines is 1. The Morgan fingerprint density at radius 2 is 1.70 bits per heavy atom. The number of imidazole rings is 1. The van der Waals surface area contributed by atoms with Gasteiger partial charge in [-0.25, -0.2) is 4.98 Å². The van der Waals surface area contributed by atoms with Gasteiger partial charge in [0.15, 0.2) is 17.0 Å². The molecule has 0 radical (unpaired) electrons. The van der Waals surface area contributed by atoms with Crippen LogP contribution in [-0.4, -0.2) is 37.9 Å². The Bertz CT molecular complexity index is 1230. The van der Waals surface area contributed by atoms with Gasteiger partial charge in [-0.3, -0.25) is 4.79 Å². The summed E-state index contributed by atoms with van der Waals surface area (Å²) in [6.45, 7) is 0. The second kappa shape index (κ2) is 9.25. The van der Waals surface area contributed by atoms with Crippen LogP contribution >= 0.6 is 0 Å². The SMILES string of the molecule is N[C@H]1CC[C@H](Nc2nc(Nc3ccc(C(=O)Nc4ccccc4)cc3)c3nc[nH]c3n2)CC1. The summed E-state index contributed by atoms with van der Waals surface area (Å²) in [5.41, 5.74) is 9.44. The third-order valence-corrected chi connectivity index (χ3v) is 5.83. The number of para-hydroxylation sites is 1. The van der Waals surface area contributed by atoms with E-state index in [1.807, 2.05) is 42.5 Å². The summed E-state index contributed by atoms with van der Waals surface area (Å²) in [5.74, 6) is 0.981. The van der Waals surface area contributed by atoms with Gasteiger partial charge >= 0.3 is 0 Å². The third kappa shape index (κ3) is 4.93. The number of hydrogen-bond donors (Lipinski definition) is 5. The molecule has 4 aromatic rings. The van der Waals surface area contributed by atoms with Crippen LogP contribution in [0.3, 0.4) is 0 Å². The second-order valence-electron chi connectivity index (χ2n) is 8.27. The highest BCUT2D eigenvalue weighted by Crippen LogP contribution is 2.25. The fourth-order valence-corrected chi connectivity index (χ4v) is 4.00. The van der Waals surface area contributed by atoms with Gasteiger partial charge in [0.1, 0.15) is 0 Å². The summed E-state index contributed by atoms with van der Waals surface area (Å²) in [4.78, 5) is 29.1. The van der Waals surface area contributed by atoms with E-state index in [0.29, 0.717) is 34.5 Å². The number of rotatable bonds is 6. The van der Waals surface area contributed by atoms with Crippen molar-refractivity contribution in [3.8, 4) is 0 Å². The van der Waals surface area contributed by atoms with Crippen molar-refractivity contribution in [2.75, 3.05) is 16.0 Å². The monoisotopic (exact) mass is 442 g/mol. The number of nitrogens with zero attached hydrogens (tertiary/aromatic N) is 3. The Labute approximate surface area is 191 Å². The summed E-state index contributed by atoms with van der Waals surface area (Å²) in [6.07, 6.45) is 5.60. The maximum absolute atomic E-state index is 12.5. The lowest BCUT2D eigenvalue weighted by Gasteiger charge is -2.26. The smallest absolute Gasteiger partial charge is 0.255 e. The van der Waals surface area contributed by atoms with Crippen LogP contribution in [0.25, 0.3) is 11.2 Å². The molecule has 0 spiro atoms. The van der Waals surface area contributed by atoms with Crippen LogP contribution in [0.5, 0.6) is 0 Å². The zero-order valence-electron chi connectivity index (χ0n) is 18.1. The Morgan fingerprint density at radius 1 is 0.939 bits per heavy atom. The zero-order valence-corrected chi connectivity index (χ0v) is 18.1. The first kappa shape index (κ1) is 20.9. The Hall–Kier alpha value is -3.98. The first-order valence-corrected chi connectivity index (χ1v) is 11.1. The van der Waals surface area contributed by atoms with Crippen molar-refractivity contribution in [3.63, 3.8) is 0 Å². The van der Waals surface area contributed by atoms with Gasteiger partial charge in [0.05, 0.1) is 6.33 Å². The number of nitrogens with two attached hydrogens (primary N) is 1. The van der Waals surface area contributed by atoms with Gasteiger partial charge < -0.3 is 26.7 Å². The number of carbonyl (C=O) groups is 1. The molecule has 2 aromatic heterocycles. The Morgan fingerprint density at radius 3 is 2.45 bits per heavy atom. The van der Waals surface area contributed by atoms with Crippen molar-refractivity contribution in [1.29, 1.82) is 0 Å². The lowest BCUT2D eigenvalue weighted by Crippen LogP contribution is -2.33. The predicted molar refractivity (Wildman–Crippen MR) is 130 cm³/mol. The Balaban J connectivity index is 1.31. The second-order valence-corrected chi connectivity index (χ2v) is 8.27. The molecular weight excluding hydrogens is 416 g/mol. The van der Waals surface area contributed by atoms with Crippen molar-refractivity contribution in [1.82, 2.24) is 19.9 Å². The van der Waals surface area contributed by atoms with Gasteiger partial charge in [-0.1, -0.05) is 18.2 Å². The summed E-state index contributed by atoms with van der Waals surface area (Å²) >= 11 is 0. The molecule has 1 aliphatic carbocycles. The lowest BCUT2D eigenvalue weighted by atomic mass is 9.92. The normalized spacial score (nSPS) is 18.1. The molecule has 9 nitrogen and oxygen atoms in total. The van der Waals surface area contributed by atoms with E-state index in [1.54, 1.807) is 18.5 Å². The van der Waals surface area contributed by atoms with Crippen LogP contribution in [-0.2, 0) is 0 Å². The molecule has 0 saturated heterocycles. The van der Waals surface area contributed by atoms with Crippen molar-refractivity contribution in [2.24, 2.45) is 5.73 Å². The predicted octanol–water partition coefficient (Wildman–Crippen LogP) is 4.03. The van der Waals surface area contributed by atoms with Crippen LogP contribution in [0, 0.1) is 0 Å². The molecular formula is C24H26N8O. The van der Waals surface area contributed by atoms with Gasteiger partial charge in [-0.05, 0) is 62.1 Å². The van der Waals surface area contributed by atoms with Crippen LogP contribution in [0.1, 0.15) is 36.0 Å². The first-order valence-electron chi connectivity index (χ1n) is 11.1. The summed E-state index contributed by atoms with van der Waals surface area (Å²) in [6, 6.07) is 17.2. The molecule has 0 aliphatic heterocycles. The quantitative estimate of drug-likeness (QED) is 0.304. The van der Waals surface area contributed by atoms with E-state index < -0.39 is 0 Å². The summed E-state index contributed by atoms with van der Waals surface area (Å²) < 4.78 is 0. The standard InChI is InChI=1S/C24H26N8O/c25-16-8-12-19(13-9-16)30-24-31-21-20(26-14-27-21)22(32-24)28-18-10-6-15(7-11-18)23(33)29-17-4-2-1-3-5-17/h1-7,10-11,14,16,19H,8-9,12-13,25H2,(H,29,33)(H3,26,27,28,30,31,32)/t16-,19-. The number of amides is 1. The zero-order chi connectivity index (χ0) is 22.6. The molecule has 1 aliphatic rings. The number of benzene rings is 2. The number of anilines is 4. The molecule has 168 valence electrons. The minimum absolute atomic E-state index is 0.164. The first-order chi connectivity index (χ1) is 16.1. The van der Waals surface area contributed by atoms with Gasteiger partial charge in [-0.2, -0.15) is 9.97 Å². The van der Waals surface area contributed by atoms with E-state index in [4.69, 9.17) is 5.73 Å². The van der Waals surface area contributed by atoms with Crippen LogP contribution < -0.4 is 21.7 Å². The fourth-order valence-electron chi connectivity index (χ4n) is 4.00. The molecule has 2 aromatic carbocycles. The molecule has 1 amide bonds. The van der Waals surface area contributed by atoms with Gasteiger partial charge in [0.25, 0.3) is 5.91 Å². The van der Waals surface area contributed by atoms with Crippen molar-refractivity contribution < 1.29 is 4.79 Å². The maximum atomic E-state index is 12.5. The minimum Gasteiger partial charge on any atom is -0.351 e. The molecule has 5 rings (SSSR count). The number of carbonyl (C=O) groups excluding carboxylic acids is 1. The largest absolute Gasteiger partial charge is 0.351 e. The van der Waals surface area contributed by atoms with E-state index in [-0.39, 0.29) is 11.9 Å². The molecule has 9 heteroatoms. The molecule has 0 atom stereocenters. The van der Waals surface area contributed by atoms with Crippen molar-refractivity contribution >= 4 is 40.2 Å². The van der Waals surface area contributed by atoms with Crippen LogP contribution in [0.15, 0.2) is 60.9 Å². The molecule has 0 bridgehead atoms. The van der Waals surface area contributed by atoms with E-state index in [2.05, 4.69) is 35.9 Å². The topological polar surface area (TPSA) is 134 Å². The number of hydrogen-bond acceptors (Lipinski definition) is 7. The number of aromatic nitrogens is 4. The number of H-pyrrole nitrogens is 1. The average Bonchev–Trinajstić information content (AvgIpc) is 3.31. The number of fused-ring (bicyclic) bond motifs is 1. The fraction of sp³-hybridized carbons (Fsp3) is 0.250. The summed E-state index contributed by atoms with van der Waals surface area (Å²) in [5, 5.41) is 9.63. The van der Waals surface area contributed by atoms with Crippen molar-refractivity contribution in [2.45, 2.75) is 37.8 Å². The minimum atomic E-state index is -0.164. The molecule has 1 saturated carbocycles. The molecule has 2 heterocycles. The van der Waals surface area contributed by atoms with E-state index >= 15 is 0 Å². The molecule has 6 N–H and O–H groups in total. The van der Waals surface area contributed by atoms with Crippen LogP contribution in [0.2, 0.25) is 0 Å². The van der Waals surface area contributed by atoms with Crippen LogP contribution in [0.4, 0.5) is 23.1 Å². The molecule has 1 fully saturated rings. The van der Waals surface area contributed by atoms with E-state index in [1.165, 1.54) is 0 Å². The number of nitrogens with one attached hydrogen (secondary N) is 4. The summed E-state index contributed by atoms with van der Waals surface area (Å²) in [7, 11) is 0. The third-order valence-electron chi connectivity index (χ3n) is 5.83. The highest BCUT2D eigenvalue weighted by molar-refractivity contribution is 6.04. The van der Waals surface area contributed by atoms with Gasteiger partial charge in [0, 0.05) is 29.0 Å². The van der Waals surface area contributed by atoms with Gasteiger partial charge in [-0.15, -0.1) is 0 Å². The lowest BCUT2D eigenvalue weighted by molar-refractivity contribution is 0.102. The van der Waals surface area contributed by atoms with E-state index in [9.17, 15) is 4.79 Å². The van der Waals surface area contributed by atoms with Crippen molar-refractivity contribution in [3.05, 3.63) is 66.5 Å². The average molecular weight is 443 g/mol.